The third-order valence-corrected chi connectivity index (χ3v) is 4.09. The van der Waals surface area contributed by atoms with Crippen LogP contribution in [0.25, 0.3) is 11.0 Å². The average Bonchev–Trinajstić information content (AvgIpc) is 3.01. The number of nitrogens with one attached hydrogen (secondary N) is 2. The number of pyridine rings is 1. The minimum absolute atomic E-state index is 0.116. The molecular weight excluding hydrogens is 372 g/mol. The van der Waals surface area contributed by atoms with E-state index in [0.717, 1.165) is 0 Å². The monoisotopic (exact) mass is 396 g/mol. The molecule has 0 aromatic carbocycles. The summed E-state index contributed by atoms with van der Waals surface area (Å²) in [5, 5.41) is 14.5. The first-order valence-electron chi connectivity index (χ1n) is 9.24. The number of hydrogen-bond donors (Lipinski definition) is 2. The van der Waals surface area contributed by atoms with Crippen LogP contribution in [-0.4, -0.2) is 26.6 Å². The highest BCUT2D eigenvalue weighted by molar-refractivity contribution is 6.06. The van der Waals surface area contributed by atoms with Gasteiger partial charge < -0.3 is 10.3 Å². The Morgan fingerprint density at radius 3 is 2.55 bits per heavy atom. The van der Waals surface area contributed by atoms with E-state index in [9.17, 15) is 19.7 Å². The van der Waals surface area contributed by atoms with Crippen molar-refractivity contribution in [3.8, 4) is 0 Å². The molecule has 1 aliphatic carbocycles. The fraction of sp³-hybridized carbons (Fsp3) is 0.286. The molecule has 0 unspecified atom stereocenters. The van der Waals surface area contributed by atoms with Gasteiger partial charge in [-0.3, -0.25) is 19.7 Å². The van der Waals surface area contributed by atoms with E-state index in [0.29, 0.717) is 22.4 Å². The summed E-state index contributed by atoms with van der Waals surface area (Å²) in [5.41, 5.74) is 0.905. The summed E-state index contributed by atoms with van der Waals surface area (Å²) in [6.07, 6.45) is 7.45. The number of aromatic amines is 1. The zero-order valence-electron chi connectivity index (χ0n) is 17.1. The van der Waals surface area contributed by atoms with Crippen LogP contribution in [0, 0.1) is 15.5 Å². The summed E-state index contributed by atoms with van der Waals surface area (Å²) in [7, 11) is 0. The van der Waals surface area contributed by atoms with Crippen molar-refractivity contribution in [1.82, 2.24) is 9.97 Å². The van der Waals surface area contributed by atoms with Gasteiger partial charge in [0.15, 0.2) is 5.78 Å². The lowest BCUT2D eigenvalue weighted by Crippen LogP contribution is -2.16. The molecule has 29 heavy (non-hydrogen) atoms. The highest BCUT2D eigenvalue weighted by Crippen LogP contribution is 2.27. The number of allylic oxidation sites excluding steroid dienone is 3. The maximum Gasteiger partial charge on any atom is 0.269 e. The van der Waals surface area contributed by atoms with Crippen molar-refractivity contribution in [2.45, 2.75) is 34.6 Å². The van der Waals surface area contributed by atoms with Gasteiger partial charge in [-0.05, 0) is 12.1 Å². The number of H-pyrrole nitrogens is 1. The second kappa shape index (κ2) is 8.64. The molecular formula is C21H24N4O4. The van der Waals surface area contributed by atoms with Gasteiger partial charge in [0, 0.05) is 35.5 Å². The van der Waals surface area contributed by atoms with E-state index >= 15 is 0 Å². The first-order chi connectivity index (χ1) is 13.6. The SMILES string of the molecule is CC.CC(=O)c1cc2cc(NC(=O)C3=CC(C)(C)C=CC([N+](=O)[O-])=C3)cnc2[nH]1. The van der Waals surface area contributed by atoms with Gasteiger partial charge in [-0.2, -0.15) is 0 Å². The van der Waals surface area contributed by atoms with Gasteiger partial charge in [0.05, 0.1) is 22.5 Å². The highest BCUT2D eigenvalue weighted by atomic mass is 16.6. The molecule has 0 bridgehead atoms. The van der Waals surface area contributed by atoms with E-state index < -0.39 is 16.2 Å². The number of ketones is 1. The number of aromatic nitrogens is 2. The van der Waals surface area contributed by atoms with Gasteiger partial charge in [0.25, 0.3) is 11.6 Å². The summed E-state index contributed by atoms with van der Waals surface area (Å²) < 4.78 is 0. The van der Waals surface area contributed by atoms with Crippen molar-refractivity contribution < 1.29 is 14.5 Å². The maximum atomic E-state index is 12.7. The first-order valence-corrected chi connectivity index (χ1v) is 9.24. The minimum Gasteiger partial charge on any atom is -0.337 e. The fourth-order valence-corrected chi connectivity index (χ4v) is 2.72. The van der Waals surface area contributed by atoms with E-state index in [2.05, 4.69) is 15.3 Å². The van der Waals surface area contributed by atoms with Gasteiger partial charge in [0.1, 0.15) is 5.65 Å². The Kier molecular flexibility index (Phi) is 6.48. The largest absolute Gasteiger partial charge is 0.337 e. The van der Waals surface area contributed by atoms with Crippen molar-refractivity contribution >= 4 is 28.4 Å². The van der Waals surface area contributed by atoms with Crippen LogP contribution in [0.2, 0.25) is 0 Å². The molecule has 0 spiro atoms. The van der Waals surface area contributed by atoms with E-state index in [1.54, 1.807) is 24.3 Å². The van der Waals surface area contributed by atoms with Gasteiger partial charge >= 0.3 is 0 Å². The van der Waals surface area contributed by atoms with E-state index in [4.69, 9.17) is 0 Å². The van der Waals surface area contributed by atoms with Crippen molar-refractivity contribution in [3.05, 3.63) is 69.7 Å². The third-order valence-electron chi connectivity index (χ3n) is 4.09. The van der Waals surface area contributed by atoms with Gasteiger partial charge in [-0.15, -0.1) is 0 Å². The van der Waals surface area contributed by atoms with Crippen LogP contribution < -0.4 is 5.32 Å². The predicted octanol–water partition coefficient (Wildman–Crippen LogP) is 4.41. The highest BCUT2D eigenvalue weighted by Gasteiger charge is 2.22. The molecule has 152 valence electrons. The number of anilines is 1. The van der Waals surface area contributed by atoms with Crippen molar-refractivity contribution in [2.75, 3.05) is 5.32 Å². The van der Waals surface area contributed by atoms with Crippen molar-refractivity contribution in [1.29, 1.82) is 0 Å². The Hall–Kier alpha value is -3.55. The molecule has 2 aromatic rings. The fourth-order valence-electron chi connectivity index (χ4n) is 2.72. The Morgan fingerprint density at radius 2 is 1.93 bits per heavy atom. The summed E-state index contributed by atoms with van der Waals surface area (Å²) in [5.74, 6) is -0.594. The molecule has 8 nitrogen and oxygen atoms in total. The zero-order chi connectivity index (χ0) is 21.8. The summed E-state index contributed by atoms with van der Waals surface area (Å²) in [6.45, 7) is 9.15. The molecule has 0 atom stereocenters. The van der Waals surface area contributed by atoms with Crippen LogP contribution in [-0.2, 0) is 4.79 Å². The summed E-state index contributed by atoms with van der Waals surface area (Å²) in [6, 6.07) is 3.34. The van der Waals surface area contributed by atoms with Crippen LogP contribution in [0.1, 0.15) is 45.1 Å². The molecule has 2 N–H and O–H groups in total. The number of nitro groups is 1. The van der Waals surface area contributed by atoms with Crippen molar-refractivity contribution in [3.63, 3.8) is 0 Å². The lowest BCUT2D eigenvalue weighted by atomic mass is 9.91. The minimum atomic E-state index is -0.532. The molecule has 2 heterocycles. The number of amides is 1. The number of hydrogen-bond acceptors (Lipinski definition) is 5. The quantitative estimate of drug-likeness (QED) is 0.451. The average molecular weight is 396 g/mol. The van der Waals surface area contributed by atoms with Gasteiger partial charge in [-0.25, -0.2) is 4.98 Å². The number of rotatable bonds is 4. The van der Waals surface area contributed by atoms with Gasteiger partial charge in [0.2, 0.25) is 0 Å². The molecule has 0 saturated heterocycles. The van der Waals surface area contributed by atoms with Gasteiger partial charge in [-0.1, -0.05) is 39.8 Å². The normalized spacial score (nSPS) is 14.8. The molecule has 3 rings (SSSR count). The van der Waals surface area contributed by atoms with Crippen LogP contribution in [0.15, 0.2) is 53.9 Å². The third kappa shape index (κ3) is 5.25. The van der Waals surface area contributed by atoms with Crippen LogP contribution in [0.3, 0.4) is 0 Å². The Morgan fingerprint density at radius 1 is 1.24 bits per heavy atom. The Labute approximate surface area is 168 Å². The summed E-state index contributed by atoms with van der Waals surface area (Å²) in [4.78, 5) is 41.8. The molecule has 0 radical (unpaired) electrons. The number of carbonyl (C=O) groups excluding carboxylic acids is 2. The standard InChI is InChI=1S/C19H18N4O4.C2H6/c1-11(24)16-8-12-6-14(10-20-17(12)22-16)21-18(25)13-7-15(23(26)27)4-5-19(2,3)9-13;1-2/h4-10H,1-3H3,(H,20,22)(H,21,25);1-2H3. The Bertz CT molecular complexity index is 1060. The Balaban J connectivity index is 0.00000145. The lowest BCUT2D eigenvalue weighted by Gasteiger charge is -2.14. The second-order valence-corrected chi connectivity index (χ2v) is 6.94. The molecule has 0 fully saturated rings. The maximum absolute atomic E-state index is 12.7. The molecule has 8 heteroatoms. The number of Topliss-reactive ketones (excluding diaryl/α,β-unsaturated/α-hetero) is 1. The number of fused-ring (bicyclic) bond motifs is 1. The van der Waals surface area contributed by atoms with E-state index in [-0.39, 0.29) is 17.1 Å². The first kappa shape index (κ1) is 21.7. The zero-order valence-corrected chi connectivity index (χ0v) is 17.1. The molecule has 0 saturated carbocycles. The molecule has 0 aliphatic heterocycles. The predicted molar refractivity (Wildman–Crippen MR) is 112 cm³/mol. The molecule has 1 amide bonds. The number of nitrogens with zero attached hydrogens (tertiary/aromatic N) is 2. The van der Waals surface area contributed by atoms with Crippen molar-refractivity contribution in [2.24, 2.45) is 5.41 Å². The lowest BCUT2D eigenvalue weighted by molar-refractivity contribution is -0.419. The molecule has 2 aromatic heterocycles. The second-order valence-electron chi connectivity index (χ2n) is 6.94. The van der Waals surface area contributed by atoms with Crippen LogP contribution >= 0.6 is 0 Å². The van der Waals surface area contributed by atoms with E-state index in [1.165, 1.54) is 25.3 Å². The number of carbonyl (C=O) groups is 2. The topological polar surface area (TPSA) is 118 Å². The summed E-state index contributed by atoms with van der Waals surface area (Å²) >= 11 is 0. The molecule has 1 aliphatic rings. The smallest absolute Gasteiger partial charge is 0.269 e. The van der Waals surface area contributed by atoms with E-state index in [1.807, 2.05) is 27.7 Å². The van der Waals surface area contributed by atoms with Crippen LogP contribution in [0.4, 0.5) is 5.69 Å². The van der Waals surface area contributed by atoms with Crippen LogP contribution in [0.5, 0.6) is 0 Å².